The fourth-order valence-corrected chi connectivity index (χ4v) is 2.53. The molecule has 0 spiro atoms. The van der Waals surface area contributed by atoms with E-state index in [4.69, 9.17) is 10.5 Å². The van der Waals surface area contributed by atoms with Crippen molar-refractivity contribution in [2.24, 2.45) is 11.7 Å². The summed E-state index contributed by atoms with van der Waals surface area (Å²) in [5, 5.41) is 0. The molecule has 2 N–H and O–H groups in total. The minimum absolute atomic E-state index is 0.239. The van der Waals surface area contributed by atoms with Crippen LogP contribution in [-0.2, 0) is 9.53 Å². The van der Waals surface area contributed by atoms with Crippen LogP contribution in [-0.4, -0.2) is 43.2 Å². The van der Waals surface area contributed by atoms with Crippen molar-refractivity contribution < 1.29 is 9.53 Å². The van der Waals surface area contributed by atoms with E-state index in [2.05, 4.69) is 6.92 Å². The maximum Gasteiger partial charge on any atom is 0.222 e. The Morgan fingerprint density at radius 3 is 2.94 bits per heavy atom. The quantitative estimate of drug-likeness (QED) is 0.716. The number of hydrogen-bond acceptors (Lipinski definition) is 3. The average Bonchev–Trinajstić information content (AvgIpc) is 2.34. The molecule has 100 valence electrons. The van der Waals surface area contributed by atoms with Crippen LogP contribution in [0.2, 0.25) is 0 Å². The molecule has 4 heteroatoms. The second-order valence-corrected chi connectivity index (χ2v) is 4.81. The monoisotopic (exact) mass is 242 g/mol. The first-order chi connectivity index (χ1) is 8.20. The third-order valence-electron chi connectivity index (χ3n) is 3.56. The molecule has 0 aliphatic carbocycles. The second-order valence-electron chi connectivity index (χ2n) is 4.81. The summed E-state index contributed by atoms with van der Waals surface area (Å²) in [5.74, 6) is 0.774. The van der Waals surface area contributed by atoms with E-state index in [1.54, 1.807) is 0 Å². The van der Waals surface area contributed by atoms with E-state index in [0.29, 0.717) is 25.5 Å². The van der Waals surface area contributed by atoms with Crippen LogP contribution in [0.1, 0.15) is 39.5 Å². The van der Waals surface area contributed by atoms with Gasteiger partial charge in [0, 0.05) is 38.8 Å². The van der Waals surface area contributed by atoms with Gasteiger partial charge in [0.1, 0.15) is 0 Å². The molecule has 1 heterocycles. The van der Waals surface area contributed by atoms with Gasteiger partial charge in [0.05, 0.1) is 0 Å². The summed E-state index contributed by atoms with van der Waals surface area (Å²) >= 11 is 0. The molecule has 0 bridgehead atoms. The van der Waals surface area contributed by atoms with Crippen LogP contribution >= 0.6 is 0 Å². The van der Waals surface area contributed by atoms with Gasteiger partial charge in [0.25, 0.3) is 0 Å². The van der Waals surface area contributed by atoms with Crippen LogP contribution in [0, 0.1) is 5.92 Å². The Morgan fingerprint density at radius 2 is 2.29 bits per heavy atom. The molecule has 1 saturated heterocycles. The minimum Gasteiger partial charge on any atom is -0.382 e. The Kier molecular flexibility index (Phi) is 6.52. The van der Waals surface area contributed by atoms with Gasteiger partial charge >= 0.3 is 0 Å². The molecule has 1 fully saturated rings. The summed E-state index contributed by atoms with van der Waals surface area (Å²) in [5.41, 5.74) is 5.78. The molecule has 0 aromatic heterocycles. The molecule has 1 rings (SSSR count). The molecule has 1 amide bonds. The van der Waals surface area contributed by atoms with E-state index >= 15 is 0 Å². The first kappa shape index (κ1) is 14.5. The van der Waals surface area contributed by atoms with Crippen LogP contribution in [0.25, 0.3) is 0 Å². The number of hydrogen-bond donors (Lipinski definition) is 1. The lowest BCUT2D eigenvalue weighted by Crippen LogP contribution is -2.51. The van der Waals surface area contributed by atoms with Crippen LogP contribution in [0.5, 0.6) is 0 Å². The van der Waals surface area contributed by atoms with Crippen LogP contribution in [0.15, 0.2) is 0 Å². The summed E-state index contributed by atoms with van der Waals surface area (Å²) in [6.45, 7) is 7.02. The summed E-state index contributed by atoms with van der Waals surface area (Å²) in [6.07, 6.45) is 3.69. The molecular formula is C13H26N2O2. The summed E-state index contributed by atoms with van der Waals surface area (Å²) in [7, 11) is 0. The van der Waals surface area contributed by atoms with Gasteiger partial charge < -0.3 is 15.4 Å². The summed E-state index contributed by atoms with van der Waals surface area (Å²) < 4.78 is 5.25. The molecule has 17 heavy (non-hydrogen) atoms. The Bertz CT molecular complexity index is 233. The third kappa shape index (κ3) is 4.28. The smallest absolute Gasteiger partial charge is 0.222 e. The number of ether oxygens (including phenoxy) is 1. The maximum atomic E-state index is 12.1. The number of carbonyl (C=O) groups excluding carboxylic acids is 1. The average molecular weight is 242 g/mol. The SMILES string of the molecule is CCOCCCC(=O)N1CCCC(C)C1CN. The highest BCUT2D eigenvalue weighted by Gasteiger charge is 2.30. The van der Waals surface area contributed by atoms with Gasteiger partial charge in [-0.2, -0.15) is 0 Å². The highest BCUT2D eigenvalue weighted by atomic mass is 16.5. The molecular weight excluding hydrogens is 216 g/mol. The van der Waals surface area contributed by atoms with E-state index in [1.807, 2.05) is 11.8 Å². The van der Waals surface area contributed by atoms with Gasteiger partial charge in [-0.15, -0.1) is 0 Å². The molecule has 2 unspecified atom stereocenters. The zero-order valence-electron chi connectivity index (χ0n) is 11.2. The highest BCUT2D eigenvalue weighted by Crippen LogP contribution is 2.23. The van der Waals surface area contributed by atoms with Crippen molar-refractivity contribution in [3.8, 4) is 0 Å². The summed E-state index contributed by atoms with van der Waals surface area (Å²) in [4.78, 5) is 14.1. The van der Waals surface area contributed by atoms with E-state index in [0.717, 1.165) is 26.0 Å². The fraction of sp³-hybridized carbons (Fsp3) is 0.923. The van der Waals surface area contributed by atoms with Crippen molar-refractivity contribution in [1.82, 2.24) is 4.90 Å². The van der Waals surface area contributed by atoms with Gasteiger partial charge in [-0.1, -0.05) is 6.92 Å². The summed E-state index contributed by atoms with van der Waals surface area (Å²) in [6, 6.07) is 0.239. The predicted octanol–water partition coefficient (Wildman–Crippen LogP) is 1.39. The fourth-order valence-electron chi connectivity index (χ4n) is 2.53. The lowest BCUT2D eigenvalue weighted by atomic mass is 9.90. The molecule has 1 aliphatic heterocycles. The van der Waals surface area contributed by atoms with Crippen molar-refractivity contribution in [3.05, 3.63) is 0 Å². The molecule has 0 radical (unpaired) electrons. The van der Waals surface area contributed by atoms with Gasteiger partial charge in [-0.25, -0.2) is 0 Å². The Morgan fingerprint density at radius 1 is 1.53 bits per heavy atom. The van der Waals surface area contributed by atoms with E-state index in [1.165, 1.54) is 6.42 Å². The lowest BCUT2D eigenvalue weighted by Gasteiger charge is -2.39. The van der Waals surface area contributed by atoms with Crippen LogP contribution in [0.3, 0.4) is 0 Å². The number of nitrogens with two attached hydrogens (primary N) is 1. The predicted molar refractivity (Wildman–Crippen MR) is 68.7 cm³/mol. The molecule has 0 aromatic rings. The number of amides is 1. The molecule has 4 nitrogen and oxygen atoms in total. The molecule has 1 aliphatic rings. The van der Waals surface area contributed by atoms with E-state index in [-0.39, 0.29) is 11.9 Å². The minimum atomic E-state index is 0.239. The van der Waals surface area contributed by atoms with Gasteiger partial charge in [-0.3, -0.25) is 4.79 Å². The zero-order chi connectivity index (χ0) is 12.7. The number of nitrogens with zero attached hydrogens (tertiary/aromatic N) is 1. The highest BCUT2D eigenvalue weighted by molar-refractivity contribution is 5.76. The molecule has 0 saturated carbocycles. The molecule has 2 atom stereocenters. The maximum absolute atomic E-state index is 12.1. The van der Waals surface area contributed by atoms with Crippen molar-refractivity contribution in [3.63, 3.8) is 0 Å². The first-order valence-electron chi connectivity index (χ1n) is 6.78. The Labute approximate surface area is 104 Å². The lowest BCUT2D eigenvalue weighted by molar-refractivity contribution is -0.136. The number of rotatable bonds is 6. The number of carbonyl (C=O) groups is 1. The largest absolute Gasteiger partial charge is 0.382 e. The van der Waals surface area contributed by atoms with Gasteiger partial charge in [0.2, 0.25) is 5.91 Å². The first-order valence-corrected chi connectivity index (χ1v) is 6.78. The molecule has 0 aromatic carbocycles. The standard InChI is InChI=1S/C13H26N2O2/c1-3-17-9-5-7-13(16)15-8-4-6-11(2)12(15)10-14/h11-12H,3-10,14H2,1-2H3. The number of piperidine rings is 1. The zero-order valence-corrected chi connectivity index (χ0v) is 11.2. The topological polar surface area (TPSA) is 55.6 Å². The van der Waals surface area contributed by atoms with Gasteiger partial charge in [0.15, 0.2) is 0 Å². The Balaban J connectivity index is 2.37. The van der Waals surface area contributed by atoms with E-state index in [9.17, 15) is 4.79 Å². The van der Waals surface area contributed by atoms with E-state index < -0.39 is 0 Å². The van der Waals surface area contributed by atoms with Crippen LogP contribution in [0.4, 0.5) is 0 Å². The third-order valence-corrected chi connectivity index (χ3v) is 3.56. The van der Waals surface area contributed by atoms with Gasteiger partial charge in [-0.05, 0) is 32.1 Å². The number of likely N-dealkylation sites (tertiary alicyclic amines) is 1. The van der Waals surface area contributed by atoms with Crippen molar-refractivity contribution in [2.75, 3.05) is 26.3 Å². The van der Waals surface area contributed by atoms with Crippen LogP contribution < -0.4 is 5.73 Å². The Hall–Kier alpha value is -0.610. The van der Waals surface area contributed by atoms with Crippen molar-refractivity contribution in [1.29, 1.82) is 0 Å². The normalized spacial score (nSPS) is 25.0. The second kappa shape index (κ2) is 7.67. The van der Waals surface area contributed by atoms with Crippen molar-refractivity contribution >= 4 is 5.91 Å². The van der Waals surface area contributed by atoms with Crippen molar-refractivity contribution in [2.45, 2.75) is 45.6 Å².